The van der Waals surface area contributed by atoms with Crippen molar-refractivity contribution < 1.29 is 18.9 Å². The van der Waals surface area contributed by atoms with Crippen LogP contribution in [0.5, 0.6) is 5.88 Å². The Morgan fingerprint density at radius 2 is 2.20 bits per heavy atom. The van der Waals surface area contributed by atoms with E-state index in [4.69, 9.17) is 19.7 Å². The van der Waals surface area contributed by atoms with Crippen molar-refractivity contribution >= 4 is 25.5 Å². The van der Waals surface area contributed by atoms with Crippen LogP contribution in [-0.4, -0.2) is 51.6 Å². The van der Waals surface area contributed by atoms with Gasteiger partial charge in [0.05, 0.1) is 20.0 Å². The largest absolute Gasteiger partial charge is 0.479 e. The summed E-state index contributed by atoms with van der Waals surface area (Å²) in [6.45, 7) is 0.906. The molecule has 0 bridgehead atoms. The second-order valence-electron chi connectivity index (χ2n) is 3.77. The lowest BCUT2D eigenvalue weighted by molar-refractivity contribution is 0.156. The van der Waals surface area contributed by atoms with Crippen LogP contribution in [0.2, 0.25) is 0 Å². The average molecular weight is 301 g/mol. The second-order valence-corrected chi connectivity index (χ2v) is 5.10. The molecule has 2 aromatic heterocycles. The predicted octanol–water partition coefficient (Wildman–Crippen LogP) is 0.342. The van der Waals surface area contributed by atoms with Gasteiger partial charge in [-0.2, -0.15) is 9.97 Å². The zero-order valence-corrected chi connectivity index (χ0v) is 12.1. The number of fused-ring (bicyclic) bond motifs is 1. The first-order valence-electron chi connectivity index (χ1n) is 5.76. The fraction of sp³-hybridized carbons (Fsp3) is 0.500. The van der Waals surface area contributed by atoms with Gasteiger partial charge in [0.25, 0.3) is 0 Å². The van der Waals surface area contributed by atoms with E-state index in [1.807, 2.05) is 0 Å². The van der Waals surface area contributed by atoms with Gasteiger partial charge in [-0.25, -0.2) is 4.98 Å². The molecule has 9 nitrogen and oxygen atoms in total. The highest BCUT2D eigenvalue weighted by atomic mass is 31.2. The molecule has 0 saturated carbocycles. The molecule has 0 radical (unpaired) electrons. The van der Waals surface area contributed by atoms with E-state index in [0.29, 0.717) is 30.2 Å². The third-order valence-corrected chi connectivity index (χ3v) is 3.36. The summed E-state index contributed by atoms with van der Waals surface area (Å²) >= 11 is 0. The van der Waals surface area contributed by atoms with Gasteiger partial charge >= 0.3 is 0 Å². The lowest BCUT2D eigenvalue weighted by atomic mass is 10.5. The quantitative estimate of drug-likeness (QED) is 0.555. The summed E-state index contributed by atoms with van der Waals surface area (Å²) in [5.74, 6) is 0.459. The van der Waals surface area contributed by atoms with E-state index < -0.39 is 8.38 Å². The number of nitrogen functional groups attached to an aromatic ring is 1. The molecule has 2 rings (SSSR count). The van der Waals surface area contributed by atoms with Gasteiger partial charge in [-0.3, -0.25) is 0 Å². The number of ether oxygens (including phenoxy) is 2. The molecule has 2 aromatic rings. The molecule has 0 aromatic carbocycles. The van der Waals surface area contributed by atoms with Crippen LogP contribution in [-0.2, 0) is 15.8 Å². The van der Waals surface area contributed by atoms with Gasteiger partial charge in [-0.1, -0.05) is 0 Å². The normalized spacial score (nSPS) is 12.8. The van der Waals surface area contributed by atoms with Crippen molar-refractivity contribution in [2.75, 3.05) is 32.9 Å². The lowest BCUT2D eigenvalue weighted by Crippen LogP contribution is -2.07. The summed E-state index contributed by atoms with van der Waals surface area (Å²) in [5, 5.41) is 0. The number of hydrogen-bond donors (Lipinski definition) is 2. The maximum Gasteiger partial charge on any atom is 0.246 e. The first-order valence-corrected chi connectivity index (χ1v) is 7.16. The highest BCUT2D eigenvalue weighted by Gasteiger charge is 2.12. The predicted molar refractivity (Wildman–Crippen MR) is 73.3 cm³/mol. The number of methoxy groups -OCH3 is 1. The summed E-state index contributed by atoms with van der Waals surface area (Å²) in [6, 6.07) is 0. The Morgan fingerprint density at radius 1 is 1.40 bits per heavy atom. The van der Waals surface area contributed by atoms with E-state index >= 15 is 0 Å². The first-order chi connectivity index (χ1) is 9.65. The Morgan fingerprint density at radius 3 is 2.90 bits per heavy atom. The minimum absolute atomic E-state index is 0.121. The van der Waals surface area contributed by atoms with Crippen molar-refractivity contribution in [3.63, 3.8) is 0 Å². The molecule has 110 valence electrons. The van der Waals surface area contributed by atoms with Crippen LogP contribution in [0.1, 0.15) is 0 Å². The SMILES string of the molecule is COc1nc(N)nc2c1ncn2CCOCP(O)OC. The maximum atomic E-state index is 9.24. The topological polar surface area (TPSA) is 118 Å². The van der Waals surface area contributed by atoms with Crippen LogP contribution in [0.25, 0.3) is 11.2 Å². The molecule has 0 aliphatic heterocycles. The molecule has 0 aliphatic rings. The van der Waals surface area contributed by atoms with Gasteiger partial charge in [-0.15, -0.1) is 0 Å². The van der Waals surface area contributed by atoms with Gasteiger partial charge in [0.1, 0.15) is 6.35 Å². The van der Waals surface area contributed by atoms with Gasteiger partial charge < -0.3 is 29.2 Å². The number of nitrogens with zero attached hydrogens (tertiary/aromatic N) is 4. The van der Waals surface area contributed by atoms with E-state index in [-0.39, 0.29) is 12.3 Å². The Bertz CT molecular complexity index is 578. The van der Waals surface area contributed by atoms with E-state index in [1.54, 1.807) is 10.9 Å². The molecule has 10 heteroatoms. The second kappa shape index (κ2) is 6.76. The van der Waals surface area contributed by atoms with Gasteiger partial charge in [-0.05, 0) is 0 Å². The van der Waals surface area contributed by atoms with Crippen molar-refractivity contribution in [1.29, 1.82) is 0 Å². The molecule has 0 fully saturated rings. The van der Waals surface area contributed by atoms with Crippen molar-refractivity contribution in [1.82, 2.24) is 19.5 Å². The molecular formula is C10H16N5O4P. The van der Waals surface area contributed by atoms with E-state index in [0.717, 1.165) is 0 Å². The molecule has 1 unspecified atom stereocenters. The lowest BCUT2D eigenvalue weighted by Gasteiger charge is -2.09. The molecular weight excluding hydrogens is 285 g/mol. The molecule has 0 spiro atoms. The highest BCUT2D eigenvalue weighted by Crippen LogP contribution is 2.29. The Balaban J connectivity index is 2.06. The van der Waals surface area contributed by atoms with Crippen LogP contribution in [0, 0.1) is 0 Å². The number of aromatic nitrogens is 4. The van der Waals surface area contributed by atoms with Crippen LogP contribution < -0.4 is 10.5 Å². The van der Waals surface area contributed by atoms with E-state index in [1.165, 1.54) is 14.2 Å². The van der Waals surface area contributed by atoms with Crippen molar-refractivity contribution in [2.45, 2.75) is 6.54 Å². The van der Waals surface area contributed by atoms with E-state index in [2.05, 4.69) is 15.0 Å². The highest BCUT2D eigenvalue weighted by molar-refractivity contribution is 7.45. The first kappa shape index (κ1) is 14.9. The molecule has 1 atom stereocenters. The number of hydrogen-bond acceptors (Lipinski definition) is 8. The molecule has 3 N–H and O–H groups in total. The minimum Gasteiger partial charge on any atom is -0.479 e. The van der Waals surface area contributed by atoms with Gasteiger partial charge in [0.15, 0.2) is 19.5 Å². The van der Waals surface area contributed by atoms with Crippen LogP contribution in [0.3, 0.4) is 0 Å². The average Bonchev–Trinajstić information content (AvgIpc) is 2.85. The molecule has 0 amide bonds. The Hall–Kier alpha value is -1.54. The van der Waals surface area contributed by atoms with Gasteiger partial charge in [0, 0.05) is 13.7 Å². The third-order valence-electron chi connectivity index (χ3n) is 2.53. The zero-order valence-electron chi connectivity index (χ0n) is 11.2. The standard InChI is InChI=1S/C10H16N5O4P/c1-17-9-7-8(13-10(11)14-9)15(5-12-7)3-4-19-6-20(16)18-2/h5,16H,3-4,6H2,1-2H3,(H2,11,13,14). The van der Waals surface area contributed by atoms with Crippen LogP contribution >= 0.6 is 8.38 Å². The van der Waals surface area contributed by atoms with Crippen LogP contribution in [0.4, 0.5) is 5.95 Å². The smallest absolute Gasteiger partial charge is 0.246 e. The monoisotopic (exact) mass is 301 g/mol. The number of anilines is 1. The molecule has 20 heavy (non-hydrogen) atoms. The number of rotatable bonds is 7. The maximum absolute atomic E-state index is 9.24. The molecule has 0 saturated heterocycles. The van der Waals surface area contributed by atoms with E-state index in [9.17, 15) is 4.89 Å². The Kier molecular flexibility index (Phi) is 5.02. The van der Waals surface area contributed by atoms with Crippen molar-refractivity contribution in [2.24, 2.45) is 0 Å². The number of imidazole rings is 1. The van der Waals surface area contributed by atoms with Crippen LogP contribution in [0.15, 0.2) is 6.33 Å². The minimum atomic E-state index is -1.51. The zero-order chi connectivity index (χ0) is 14.5. The van der Waals surface area contributed by atoms with Crippen molar-refractivity contribution in [3.05, 3.63) is 6.33 Å². The molecule has 0 aliphatic carbocycles. The van der Waals surface area contributed by atoms with Gasteiger partial charge in [0.2, 0.25) is 11.8 Å². The summed E-state index contributed by atoms with van der Waals surface area (Å²) in [7, 11) is 1.42. The fourth-order valence-electron chi connectivity index (χ4n) is 1.60. The van der Waals surface area contributed by atoms with Crippen molar-refractivity contribution in [3.8, 4) is 5.88 Å². The summed E-state index contributed by atoms with van der Waals surface area (Å²) in [6.07, 6.45) is 1.78. The molecule has 2 heterocycles. The summed E-state index contributed by atoms with van der Waals surface area (Å²) in [5.41, 5.74) is 6.74. The summed E-state index contributed by atoms with van der Waals surface area (Å²) in [4.78, 5) is 21.5. The third kappa shape index (κ3) is 3.31. The fourth-order valence-corrected chi connectivity index (χ4v) is 1.99. The number of nitrogens with two attached hydrogens (primary N) is 1. The Labute approximate surface area is 116 Å². The summed E-state index contributed by atoms with van der Waals surface area (Å²) < 4.78 is 16.9.